The van der Waals surface area contributed by atoms with Gasteiger partial charge in [-0.05, 0) is 26.0 Å². The van der Waals surface area contributed by atoms with E-state index in [-0.39, 0.29) is 30.0 Å². The van der Waals surface area contributed by atoms with Crippen molar-refractivity contribution in [3.05, 3.63) is 35.7 Å². The number of nitrogens with two attached hydrogens (primary N) is 1. The van der Waals surface area contributed by atoms with Crippen LogP contribution in [-0.4, -0.2) is 22.9 Å². The molecule has 0 aliphatic rings. The predicted octanol–water partition coefficient (Wildman–Crippen LogP) is 2.44. The van der Waals surface area contributed by atoms with Gasteiger partial charge < -0.3 is 15.0 Å². The third-order valence-electron chi connectivity index (χ3n) is 2.56. The molecule has 0 saturated heterocycles. The van der Waals surface area contributed by atoms with E-state index in [2.05, 4.69) is 10.1 Å². The number of aromatic nitrogens is 2. The van der Waals surface area contributed by atoms with Gasteiger partial charge in [0.25, 0.3) is 5.89 Å². The molecule has 0 spiro atoms. The van der Waals surface area contributed by atoms with Crippen molar-refractivity contribution in [2.45, 2.75) is 26.0 Å². The van der Waals surface area contributed by atoms with E-state index in [1.165, 1.54) is 12.1 Å². The van der Waals surface area contributed by atoms with Crippen LogP contribution in [0.3, 0.4) is 0 Å². The van der Waals surface area contributed by atoms with Gasteiger partial charge in [0.2, 0.25) is 0 Å². The Labute approximate surface area is 114 Å². The first kappa shape index (κ1) is 14.5. The van der Waals surface area contributed by atoms with Gasteiger partial charge in [-0.15, -0.1) is 0 Å². The Morgan fingerprint density at radius 3 is 2.80 bits per heavy atom. The SMILES string of the molecule is CC(C)OCC(N)c1noc(-c2cccc(F)c2F)n1. The molecule has 0 saturated carbocycles. The minimum Gasteiger partial charge on any atom is -0.377 e. The van der Waals surface area contributed by atoms with Crippen molar-refractivity contribution in [1.29, 1.82) is 0 Å². The van der Waals surface area contributed by atoms with Crippen molar-refractivity contribution in [3.63, 3.8) is 0 Å². The first-order valence-corrected chi connectivity index (χ1v) is 6.14. The minimum atomic E-state index is -1.03. The summed E-state index contributed by atoms with van der Waals surface area (Å²) in [4.78, 5) is 3.97. The number of hydrogen-bond donors (Lipinski definition) is 1. The third-order valence-corrected chi connectivity index (χ3v) is 2.56. The van der Waals surface area contributed by atoms with Gasteiger partial charge >= 0.3 is 0 Å². The van der Waals surface area contributed by atoms with Crippen LogP contribution in [0.5, 0.6) is 0 Å². The molecule has 2 rings (SSSR count). The maximum Gasteiger partial charge on any atom is 0.261 e. The molecular weight excluding hydrogens is 268 g/mol. The molecule has 0 radical (unpaired) electrons. The quantitative estimate of drug-likeness (QED) is 0.912. The third kappa shape index (κ3) is 3.17. The fourth-order valence-corrected chi connectivity index (χ4v) is 1.53. The zero-order chi connectivity index (χ0) is 14.7. The van der Waals surface area contributed by atoms with E-state index < -0.39 is 17.7 Å². The Kier molecular flexibility index (Phi) is 4.41. The number of hydrogen-bond acceptors (Lipinski definition) is 5. The fourth-order valence-electron chi connectivity index (χ4n) is 1.53. The molecule has 1 unspecified atom stereocenters. The summed E-state index contributed by atoms with van der Waals surface area (Å²) in [6, 6.07) is 3.13. The monoisotopic (exact) mass is 283 g/mol. The largest absolute Gasteiger partial charge is 0.377 e. The highest BCUT2D eigenvalue weighted by atomic mass is 19.2. The van der Waals surface area contributed by atoms with Crippen molar-refractivity contribution in [3.8, 4) is 11.5 Å². The summed E-state index contributed by atoms with van der Waals surface area (Å²) in [5.74, 6) is -1.94. The van der Waals surface area contributed by atoms with Gasteiger partial charge in [0.05, 0.1) is 24.3 Å². The van der Waals surface area contributed by atoms with E-state index in [1.54, 1.807) is 0 Å². The van der Waals surface area contributed by atoms with E-state index in [4.69, 9.17) is 15.0 Å². The smallest absolute Gasteiger partial charge is 0.261 e. The van der Waals surface area contributed by atoms with Crippen molar-refractivity contribution in [2.24, 2.45) is 5.73 Å². The van der Waals surface area contributed by atoms with Crippen molar-refractivity contribution in [2.75, 3.05) is 6.61 Å². The molecular formula is C13H15F2N3O2. The van der Waals surface area contributed by atoms with Crippen LogP contribution in [-0.2, 0) is 4.74 Å². The highest BCUT2D eigenvalue weighted by Gasteiger charge is 2.19. The zero-order valence-electron chi connectivity index (χ0n) is 11.1. The van der Waals surface area contributed by atoms with E-state index in [1.807, 2.05) is 13.8 Å². The van der Waals surface area contributed by atoms with Gasteiger partial charge in [-0.2, -0.15) is 4.98 Å². The standard InChI is InChI=1S/C13H15F2N3O2/c1-7(2)19-6-10(16)12-17-13(20-18-12)8-4-3-5-9(14)11(8)15/h3-5,7,10H,6,16H2,1-2H3. The summed E-state index contributed by atoms with van der Waals surface area (Å²) in [6.45, 7) is 3.95. The second kappa shape index (κ2) is 6.06. The van der Waals surface area contributed by atoms with E-state index in [0.717, 1.165) is 6.07 Å². The van der Waals surface area contributed by atoms with E-state index in [9.17, 15) is 8.78 Å². The molecule has 2 aromatic rings. The molecule has 7 heteroatoms. The molecule has 0 fully saturated rings. The first-order chi connectivity index (χ1) is 9.49. The molecule has 1 atom stereocenters. The summed E-state index contributed by atoms with van der Waals surface area (Å²) >= 11 is 0. The van der Waals surface area contributed by atoms with Crippen LogP contribution >= 0.6 is 0 Å². The molecule has 1 aromatic heterocycles. The van der Waals surface area contributed by atoms with Gasteiger partial charge in [-0.1, -0.05) is 11.2 Å². The summed E-state index contributed by atoms with van der Waals surface area (Å²) in [5.41, 5.74) is 5.73. The molecule has 5 nitrogen and oxygen atoms in total. The van der Waals surface area contributed by atoms with Crippen molar-refractivity contribution >= 4 is 0 Å². The van der Waals surface area contributed by atoms with E-state index >= 15 is 0 Å². The Bertz CT molecular complexity index is 587. The maximum atomic E-state index is 13.6. The maximum absolute atomic E-state index is 13.6. The molecule has 0 aliphatic carbocycles. The molecule has 20 heavy (non-hydrogen) atoms. The average Bonchev–Trinajstić information content (AvgIpc) is 2.88. The minimum absolute atomic E-state index is 0.0214. The van der Waals surface area contributed by atoms with Crippen LogP contribution in [0, 0.1) is 11.6 Å². The molecule has 0 aliphatic heterocycles. The number of nitrogens with zero attached hydrogens (tertiary/aromatic N) is 2. The average molecular weight is 283 g/mol. The number of benzene rings is 1. The molecule has 1 heterocycles. The first-order valence-electron chi connectivity index (χ1n) is 6.14. The number of halogens is 2. The lowest BCUT2D eigenvalue weighted by atomic mass is 10.2. The highest BCUT2D eigenvalue weighted by Crippen LogP contribution is 2.23. The summed E-state index contributed by atoms with van der Waals surface area (Å²) in [6.07, 6.45) is 0.0214. The fraction of sp³-hybridized carbons (Fsp3) is 0.385. The number of rotatable bonds is 5. The number of ether oxygens (including phenoxy) is 1. The van der Waals surface area contributed by atoms with Crippen LogP contribution < -0.4 is 5.73 Å². The highest BCUT2D eigenvalue weighted by molar-refractivity contribution is 5.53. The Hall–Kier alpha value is -1.86. The van der Waals surface area contributed by atoms with Gasteiger partial charge in [0.1, 0.15) is 0 Å². The lowest BCUT2D eigenvalue weighted by Crippen LogP contribution is -2.20. The van der Waals surface area contributed by atoms with Crippen LogP contribution in [0.15, 0.2) is 22.7 Å². The molecule has 2 N–H and O–H groups in total. The Morgan fingerprint density at radius 2 is 2.10 bits per heavy atom. The lowest BCUT2D eigenvalue weighted by Gasteiger charge is -2.10. The zero-order valence-corrected chi connectivity index (χ0v) is 11.1. The van der Waals surface area contributed by atoms with Crippen molar-refractivity contribution < 1.29 is 18.0 Å². The van der Waals surface area contributed by atoms with Crippen LogP contribution in [0.25, 0.3) is 11.5 Å². The van der Waals surface area contributed by atoms with Gasteiger partial charge in [0, 0.05) is 0 Å². The van der Waals surface area contributed by atoms with Crippen LogP contribution in [0.2, 0.25) is 0 Å². The topological polar surface area (TPSA) is 74.2 Å². The molecule has 0 amide bonds. The Morgan fingerprint density at radius 1 is 1.35 bits per heavy atom. The normalized spacial score (nSPS) is 12.9. The van der Waals surface area contributed by atoms with E-state index in [0.29, 0.717) is 0 Å². The lowest BCUT2D eigenvalue weighted by molar-refractivity contribution is 0.0665. The van der Waals surface area contributed by atoms with Gasteiger partial charge in [-0.25, -0.2) is 8.78 Å². The van der Waals surface area contributed by atoms with Crippen LogP contribution in [0.1, 0.15) is 25.7 Å². The summed E-state index contributed by atoms with van der Waals surface area (Å²) in [7, 11) is 0. The predicted molar refractivity (Wildman–Crippen MR) is 67.7 cm³/mol. The van der Waals surface area contributed by atoms with Crippen LogP contribution in [0.4, 0.5) is 8.78 Å². The van der Waals surface area contributed by atoms with Crippen molar-refractivity contribution in [1.82, 2.24) is 10.1 Å². The molecule has 108 valence electrons. The second-order valence-electron chi connectivity index (χ2n) is 4.55. The summed E-state index contributed by atoms with van der Waals surface area (Å²) < 4.78 is 37.0. The second-order valence-corrected chi connectivity index (χ2v) is 4.55. The van der Waals surface area contributed by atoms with Gasteiger partial charge in [0.15, 0.2) is 17.5 Å². The van der Waals surface area contributed by atoms with Gasteiger partial charge in [-0.3, -0.25) is 0 Å². The molecule has 1 aromatic carbocycles. The molecule has 0 bridgehead atoms. The Balaban J connectivity index is 2.18. The summed E-state index contributed by atoms with van der Waals surface area (Å²) in [5, 5.41) is 3.66.